The Morgan fingerprint density at radius 1 is 0.622 bits per heavy atom. The van der Waals surface area contributed by atoms with E-state index < -0.39 is 0 Å². The molecule has 2 aromatic rings. The summed E-state index contributed by atoms with van der Waals surface area (Å²) in [4.78, 5) is 35.6. The van der Waals surface area contributed by atoms with Gasteiger partial charge in [-0.25, -0.2) is 0 Å². The summed E-state index contributed by atoms with van der Waals surface area (Å²) in [6, 6.07) is 11.5. The predicted octanol–water partition coefficient (Wildman–Crippen LogP) is 5.13. The number of carbonyl (C=O) groups excluding carboxylic acids is 2. The minimum atomic E-state index is 0.106. The molecule has 0 N–H and O–H groups in total. The molecule has 2 aliphatic heterocycles. The van der Waals surface area contributed by atoms with Gasteiger partial charge in [0.15, 0.2) is 0 Å². The summed E-state index contributed by atoms with van der Waals surface area (Å²) in [5, 5.41) is 0. The summed E-state index contributed by atoms with van der Waals surface area (Å²) in [5.41, 5.74) is 3.13. The molecule has 0 radical (unpaired) electrons. The van der Waals surface area contributed by atoms with Crippen LogP contribution in [-0.2, 0) is 36.9 Å². The second kappa shape index (κ2) is 19.8. The molecule has 1 aromatic heterocycles. The van der Waals surface area contributed by atoms with E-state index in [4.69, 9.17) is 23.9 Å². The summed E-state index contributed by atoms with van der Waals surface area (Å²) in [6.45, 7) is 4.27. The van der Waals surface area contributed by atoms with Crippen LogP contribution in [0.15, 0.2) is 36.4 Å². The Morgan fingerprint density at radius 2 is 1.07 bits per heavy atom. The number of hydrogen-bond acceptors (Lipinski definition) is 7. The molecule has 45 heavy (non-hydrogen) atoms. The van der Waals surface area contributed by atoms with Crippen LogP contribution >= 0.6 is 0 Å². The molecule has 0 spiro atoms. The van der Waals surface area contributed by atoms with E-state index in [1.807, 2.05) is 46.2 Å². The fraction of sp³-hybridized carbons (Fsp3) is 0.583. The van der Waals surface area contributed by atoms with Crippen LogP contribution < -0.4 is 4.74 Å². The van der Waals surface area contributed by atoms with Crippen molar-refractivity contribution in [3.63, 3.8) is 0 Å². The van der Waals surface area contributed by atoms with E-state index in [0.29, 0.717) is 78.7 Å². The quantitative estimate of drug-likeness (QED) is 0.409. The Balaban J connectivity index is 1.66. The predicted molar refractivity (Wildman–Crippen MR) is 173 cm³/mol. The van der Waals surface area contributed by atoms with Gasteiger partial charge >= 0.3 is 0 Å². The number of methoxy groups -OCH3 is 1. The molecule has 0 saturated heterocycles. The Labute approximate surface area is 268 Å². The first-order valence-corrected chi connectivity index (χ1v) is 16.6. The molecule has 0 unspecified atom stereocenters. The highest BCUT2D eigenvalue weighted by molar-refractivity contribution is 5.76. The topological polar surface area (TPSA) is 90.4 Å². The highest BCUT2D eigenvalue weighted by atomic mass is 16.5. The number of aromatic nitrogens is 1. The van der Waals surface area contributed by atoms with Crippen LogP contribution in [0, 0.1) is 11.8 Å². The highest BCUT2D eigenvalue weighted by Gasteiger charge is 2.19. The summed E-state index contributed by atoms with van der Waals surface area (Å²) in [6.07, 6.45) is 9.45. The summed E-state index contributed by atoms with van der Waals surface area (Å²) < 4.78 is 22.5. The summed E-state index contributed by atoms with van der Waals surface area (Å²) in [7, 11) is 1.64. The van der Waals surface area contributed by atoms with Gasteiger partial charge in [-0.3, -0.25) is 14.6 Å². The molecule has 3 heterocycles. The lowest BCUT2D eigenvalue weighted by atomic mass is 10.1. The molecule has 0 saturated carbocycles. The molecular weight excluding hydrogens is 570 g/mol. The monoisotopic (exact) mass is 619 g/mol. The van der Waals surface area contributed by atoms with Crippen molar-refractivity contribution in [1.29, 1.82) is 0 Å². The van der Waals surface area contributed by atoms with E-state index in [1.54, 1.807) is 7.11 Å². The fourth-order valence-corrected chi connectivity index (χ4v) is 5.50. The van der Waals surface area contributed by atoms with E-state index in [0.717, 1.165) is 66.8 Å². The molecule has 4 bridgehead atoms. The van der Waals surface area contributed by atoms with Crippen LogP contribution in [0.2, 0.25) is 0 Å². The fourth-order valence-electron chi connectivity index (χ4n) is 5.50. The molecule has 0 atom stereocenters. The van der Waals surface area contributed by atoms with Gasteiger partial charge in [0.2, 0.25) is 11.8 Å². The van der Waals surface area contributed by atoms with Crippen LogP contribution in [0.25, 0.3) is 0 Å². The van der Waals surface area contributed by atoms with E-state index >= 15 is 0 Å². The maximum Gasteiger partial charge on any atom is 0.222 e. The van der Waals surface area contributed by atoms with Gasteiger partial charge in [-0.1, -0.05) is 50.4 Å². The maximum absolute atomic E-state index is 13.5. The van der Waals surface area contributed by atoms with Crippen molar-refractivity contribution in [3.05, 3.63) is 58.9 Å². The number of rotatable bonds is 1. The standard InChI is InChI=1S/C36H49N3O6/c1-42-34-16-14-30(15-17-34)12-13-31-26-32-28-38-18-20-43-22-24-45-25-23-44-21-19-39(29-33(27-31)37-32)36(41)11-9-7-5-3-2-4-6-8-10-35(38)40/h14-17,26-27H,2-11,18-25,28-29H2,1H3. The van der Waals surface area contributed by atoms with E-state index in [-0.39, 0.29) is 11.8 Å². The van der Waals surface area contributed by atoms with Gasteiger partial charge in [-0.2, -0.15) is 0 Å². The molecule has 9 nitrogen and oxygen atoms in total. The van der Waals surface area contributed by atoms with Crippen LogP contribution in [-0.4, -0.2) is 86.4 Å². The third kappa shape index (κ3) is 12.8. The normalized spacial score (nSPS) is 19.2. The average molecular weight is 620 g/mol. The van der Waals surface area contributed by atoms with Gasteiger partial charge in [-0.15, -0.1) is 0 Å². The van der Waals surface area contributed by atoms with Crippen molar-refractivity contribution < 1.29 is 28.5 Å². The first-order valence-electron chi connectivity index (χ1n) is 16.6. The lowest BCUT2D eigenvalue weighted by Crippen LogP contribution is -2.35. The van der Waals surface area contributed by atoms with Gasteiger partial charge in [0.1, 0.15) is 5.75 Å². The van der Waals surface area contributed by atoms with Crippen LogP contribution in [0.3, 0.4) is 0 Å². The SMILES string of the molecule is COc1ccc(C#Cc2cc3nc(c2)CN2CCOCCOCCOCCN(C3)C(=O)CCCCCCCCCCC2=O)cc1. The van der Waals surface area contributed by atoms with Crippen molar-refractivity contribution in [2.24, 2.45) is 0 Å². The first kappa shape index (κ1) is 34.4. The smallest absolute Gasteiger partial charge is 0.222 e. The minimum Gasteiger partial charge on any atom is -0.497 e. The Morgan fingerprint density at radius 3 is 1.56 bits per heavy atom. The molecule has 0 fully saturated rings. The molecule has 4 rings (SSSR count). The number of ether oxygens (including phenoxy) is 4. The highest BCUT2D eigenvalue weighted by Crippen LogP contribution is 2.17. The molecule has 2 amide bonds. The molecule has 244 valence electrons. The Hall–Kier alpha value is -3.45. The van der Waals surface area contributed by atoms with Crippen LogP contribution in [0.5, 0.6) is 5.75 Å². The number of hydrogen-bond donors (Lipinski definition) is 0. The van der Waals surface area contributed by atoms with Gasteiger partial charge in [0.05, 0.1) is 71.2 Å². The second-order valence-corrected chi connectivity index (χ2v) is 11.6. The Bertz CT molecular complexity index is 1200. The third-order valence-corrected chi connectivity index (χ3v) is 8.07. The van der Waals surface area contributed by atoms with Crippen LogP contribution in [0.4, 0.5) is 0 Å². The van der Waals surface area contributed by atoms with Gasteiger partial charge in [-0.05, 0) is 49.2 Å². The Kier molecular flexibility index (Phi) is 15.2. The number of fused-ring (bicyclic) bond motifs is 2. The first-order chi connectivity index (χ1) is 22.1. The lowest BCUT2D eigenvalue weighted by Gasteiger charge is -2.25. The average Bonchev–Trinajstić information content (AvgIpc) is 3.05. The molecule has 2 aliphatic rings. The number of amides is 2. The van der Waals surface area contributed by atoms with Crippen LogP contribution in [0.1, 0.15) is 86.7 Å². The summed E-state index contributed by atoms with van der Waals surface area (Å²) in [5.74, 6) is 7.52. The number of pyridine rings is 1. The second-order valence-electron chi connectivity index (χ2n) is 11.6. The zero-order valence-electron chi connectivity index (χ0n) is 26.9. The van der Waals surface area contributed by atoms with Gasteiger partial charge < -0.3 is 28.7 Å². The largest absolute Gasteiger partial charge is 0.497 e. The van der Waals surface area contributed by atoms with E-state index in [1.165, 1.54) is 12.8 Å². The van der Waals surface area contributed by atoms with Gasteiger partial charge in [0.25, 0.3) is 0 Å². The minimum absolute atomic E-state index is 0.106. The van der Waals surface area contributed by atoms with E-state index in [2.05, 4.69) is 11.8 Å². The van der Waals surface area contributed by atoms with E-state index in [9.17, 15) is 9.59 Å². The van der Waals surface area contributed by atoms with Crippen molar-refractivity contribution in [1.82, 2.24) is 14.8 Å². The lowest BCUT2D eigenvalue weighted by molar-refractivity contribution is -0.133. The van der Waals surface area contributed by atoms with Crippen molar-refractivity contribution in [2.45, 2.75) is 77.3 Å². The molecule has 9 heteroatoms. The maximum atomic E-state index is 13.5. The number of benzene rings is 1. The zero-order chi connectivity index (χ0) is 31.5. The number of carbonyl (C=O) groups is 2. The molecular formula is C36H49N3O6. The third-order valence-electron chi connectivity index (χ3n) is 8.07. The zero-order valence-corrected chi connectivity index (χ0v) is 26.9. The van der Waals surface area contributed by atoms with Crippen molar-refractivity contribution >= 4 is 11.8 Å². The van der Waals surface area contributed by atoms with Gasteiger partial charge in [0, 0.05) is 37.1 Å². The number of nitrogens with zero attached hydrogens (tertiary/aromatic N) is 3. The molecule has 0 aliphatic carbocycles. The molecule has 1 aromatic carbocycles. The van der Waals surface area contributed by atoms with Crippen molar-refractivity contribution in [3.8, 4) is 17.6 Å². The summed E-state index contributed by atoms with van der Waals surface area (Å²) >= 11 is 0. The van der Waals surface area contributed by atoms with Crippen molar-refractivity contribution in [2.75, 3.05) is 59.8 Å².